The van der Waals surface area contributed by atoms with Crippen molar-refractivity contribution in [2.45, 2.75) is 33.3 Å². The second-order valence-electron chi connectivity index (χ2n) is 8.74. The molecule has 0 atom stereocenters. The molecular weight excluding hydrogens is 580 g/mol. The molecular formula is C31H26Br2O3. The van der Waals surface area contributed by atoms with E-state index in [2.05, 4.69) is 82.1 Å². The second-order valence-corrected chi connectivity index (χ2v) is 10.5. The van der Waals surface area contributed by atoms with E-state index in [9.17, 15) is 9.59 Å². The first-order valence-corrected chi connectivity index (χ1v) is 13.3. The van der Waals surface area contributed by atoms with Crippen molar-refractivity contribution in [3.63, 3.8) is 0 Å². The van der Waals surface area contributed by atoms with Crippen molar-refractivity contribution < 1.29 is 14.3 Å². The summed E-state index contributed by atoms with van der Waals surface area (Å²) in [5.74, 6) is 0.705. The fourth-order valence-corrected chi connectivity index (χ4v) is 5.46. The van der Waals surface area contributed by atoms with Crippen LogP contribution in [0.1, 0.15) is 48.5 Å². The van der Waals surface area contributed by atoms with Crippen LogP contribution < -0.4 is 4.74 Å². The number of carbonyl (C=O) groups is 2. The Balaban J connectivity index is 1.54. The molecule has 4 aromatic carbocycles. The van der Waals surface area contributed by atoms with Gasteiger partial charge in [0.2, 0.25) is 0 Å². The fraction of sp³-hybridized carbons (Fsp3) is 0.161. The Hall–Kier alpha value is -3.02. The summed E-state index contributed by atoms with van der Waals surface area (Å²) in [6.45, 7) is 4.75. The fourth-order valence-electron chi connectivity index (χ4n) is 4.35. The summed E-state index contributed by atoms with van der Waals surface area (Å²) in [4.78, 5) is 22.0. The Labute approximate surface area is 228 Å². The van der Waals surface area contributed by atoms with Crippen LogP contribution in [0.5, 0.6) is 5.75 Å². The molecule has 36 heavy (non-hydrogen) atoms. The number of halogens is 2. The Morgan fingerprint density at radius 3 is 1.83 bits per heavy atom. The van der Waals surface area contributed by atoms with Gasteiger partial charge < -0.3 is 4.74 Å². The number of aldehydes is 2. The SMILES string of the molecule is Cc1c(CCc2ccc(C=O)cc2Br)cccc1-c1cccc(COc2ccc(C=O)cc2Br)c1C. The van der Waals surface area contributed by atoms with Crippen molar-refractivity contribution in [2.24, 2.45) is 0 Å². The molecule has 182 valence electrons. The minimum absolute atomic E-state index is 0.433. The van der Waals surface area contributed by atoms with Crippen LogP contribution in [-0.2, 0) is 19.4 Å². The van der Waals surface area contributed by atoms with Gasteiger partial charge in [-0.3, -0.25) is 9.59 Å². The van der Waals surface area contributed by atoms with E-state index in [1.807, 2.05) is 24.3 Å². The Morgan fingerprint density at radius 1 is 0.667 bits per heavy atom. The third-order valence-electron chi connectivity index (χ3n) is 6.53. The first-order chi connectivity index (χ1) is 17.4. The third kappa shape index (κ3) is 5.85. The summed E-state index contributed by atoms with van der Waals surface area (Å²) in [5, 5.41) is 0. The summed E-state index contributed by atoms with van der Waals surface area (Å²) < 4.78 is 7.80. The summed E-state index contributed by atoms with van der Waals surface area (Å²) in [6, 6.07) is 23.9. The van der Waals surface area contributed by atoms with E-state index in [0.717, 1.165) is 39.9 Å². The Kier molecular flexibility index (Phi) is 8.55. The highest BCUT2D eigenvalue weighted by atomic mass is 79.9. The number of hydrogen-bond donors (Lipinski definition) is 0. The summed E-state index contributed by atoms with van der Waals surface area (Å²) >= 11 is 7.09. The van der Waals surface area contributed by atoms with Crippen LogP contribution in [-0.4, -0.2) is 12.6 Å². The molecule has 0 aromatic heterocycles. The Bertz CT molecular complexity index is 1320. The number of hydrogen-bond acceptors (Lipinski definition) is 3. The van der Waals surface area contributed by atoms with Crippen molar-refractivity contribution in [1.82, 2.24) is 0 Å². The number of benzene rings is 4. The lowest BCUT2D eigenvalue weighted by Gasteiger charge is -2.17. The highest BCUT2D eigenvalue weighted by Crippen LogP contribution is 2.32. The molecule has 0 fully saturated rings. The molecule has 0 aliphatic rings. The van der Waals surface area contributed by atoms with Crippen LogP contribution in [0, 0.1) is 13.8 Å². The minimum atomic E-state index is 0.433. The molecule has 0 N–H and O–H groups in total. The van der Waals surface area contributed by atoms with Gasteiger partial charge in [-0.25, -0.2) is 0 Å². The van der Waals surface area contributed by atoms with Crippen molar-refractivity contribution in [3.8, 4) is 16.9 Å². The van der Waals surface area contributed by atoms with E-state index in [4.69, 9.17) is 4.74 Å². The topological polar surface area (TPSA) is 43.4 Å². The van der Waals surface area contributed by atoms with E-state index in [0.29, 0.717) is 23.5 Å². The highest BCUT2D eigenvalue weighted by molar-refractivity contribution is 9.10. The van der Waals surface area contributed by atoms with E-state index >= 15 is 0 Å². The number of carbonyl (C=O) groups excluding carboxylic acids is 2. The van der Waals surface area contributed by atoms with Crippen molar-refractivity contribution in [1.29, 1.82) is 0 Å². The first kappa shape index (κ1) is 26.1. The molecule has 4 rings (SSSR count). The maximum atomic E-state index is 11.0. The van der Waals surface area contributed by atoms with Crippen LogP contribution in [0.15, 0.2) is 81.7 Å². The van der Waals surface area contributed by atoms with E-state index in [1.54, 1.807) is 12.1 Å². The summed E-state index contributed by atoms with van der Waals surface area (Å²) in [5.41, 5.74) is 9.76. The monoisotopic (exact) mass is 604 g/mol. The average Bonchev–Trinajstić information content (AvgIpc) is 2.88. The lowest BCUT2D eigenvalue weighted by Crippen LogP contribution is -2.02. The molecule has 0 aliphatic heterocycles. The number of ether oxygens (including phenoxy) is 1. The van der Waals surface area contributed by atoms with Crippen LogP contribution in [0.4, 0.5) is 0 Å². The number of aryl methyl sites for hydroxylation is 2. The molecule has 0 amide bonds. The molecule has 0 spiro atoms. The maximum absolute atomic E-state index is 11.0. The van der Waals surface area contributed by atoms with Gasteiger partial charge >= 0.3 is 0 Å². The van der Waals surface area contributed by atoms with Crippen LogP contribution >= 0.6 is 31.9 Å². The predicted octanol–water partition coefficient (Wildman–Crippen LogP) is 8.48. The van der Waals surface area contributed by atoms with Gasteiger partial charge in [-0.05, 0) is 106 Å². The van der Waals surface area contributed by atoms with E-state index in [-0.39, 0.29) is 0 Å². The zero-order valence-corrected chi connectivity index (χ0v) is 23.4. The van der Waals surface area contributed by atoms with E-state index < -0.39 is 0 Å². The van der Waals surface area contributed by atoms with Crippen molar-refractivity contribution >= 4 is 44.4 Å². The molecule has 0 bridgehead atoms. The molecule has 0 heterocycles. The average molecular weight is 606 g/mol. The highest BCUT2D eigenvalue weighted by Gasteiger charge is 2.13. The standard InChI is InChI=1S/C31H26Br2O3/c1-20-24(12-13-25-11-9-22(17-34)15-29(25)32)5-3-7-27(20)28-8-4-6-26(21(28)2)19-36-31-14-10-23(18-35)16-30(31)33/h3-11,14-18H,12-13,19H2,1-2H3. The van der Waals surface area contributed by atoms with Crippen LogP contribution in [0.2, 0.25) is 0 Å². The Morgan fingerprint density at radius 2 is 1.22 bits per heavy atom. The third-order valence-corrected chi connectivity index (χ3v) is 7.89. The van der Waals surface area contributed by atoms with Gasteiger partial charge in [0, 0.05) is 15.6 Å². The molecule has 5 heteroatoms. The molecule has 3 nitrogen and oxygen atoms in total. The molecule has 4 aromatic rings. The van der Waals surface area contributed by atoms with Gasteiger partial charge in [0.15, 0.2) is 0 Å². The maximum Gasteiger partial charge on any atom is 0.150 e. The van der Waals surface area contributed by atoms with Crippen LogP contribution in [0.3, 0.4) is 0 Å². The van der Waals surface area contributed by atoms with Crippen LogP contribution in [0.25, 0.3) is 11.1 Å². The van der Waals surface area contributed by atoms with Gasteiger partial charge in [0.25, 0.3) is 0 Å². The molecule has 0 saturated heterocycles. The predicted molar refractivity (Wildman–Crippen MR) is 152 cm³/mol. The summed E-state index contributed by atoms with van der Waals surface area (Å²) in [6.07, 6.45) is 3.48. The van der Waals surface area contributed by atoms with Crippen molar-refractivity contribution in [3.05, 3.63) is 121 Å². The van der Waals surface area contributed by atoms with Crippen molar-refractivity contribution in [2.75, 3.05) is 0 Å². The van der Waals surface area contributed by atoms with Gasteiger partial charge in [0.1, 0.15) is 24.9 Å². The molecule has 0 aliphatic carbocycles. The lowest BCUT2D eigenvalue weighted by atomic mass is 9.90. The zero-order valence-electron chi connectivity index (χ0n) is 20.2. The first-order valence-electron chi connectivity index (χ1n) is 11.7. The van der Waals surface area contributed by atoms with E-state index in [1.165, 1.54) is 33.4 Å². The van der Waals surface area contributed by atoms with Gasteiger partial charge in [-0.15, -0.1) is 0 Å². The van der Waals surface area contributed by atoms with Gasteiger partial charge in [0.05, 0.1) is 4.47 Å². The van der Waals surface area contributed by atoms with Gasteiger partial charge in [-0.1, -0.05) is 64.5 Å². The smallest absolute Gasteiger partial charge is 0.150 e. The molecule has 0 saturated carbocycles. The summed E-state index contributed by atoms with van der Waals surface area (Å²) in [7, 11) is 0. The molecule has 0 unspecified atom stereocenters. The largest absolute Gasteiger partial charge is 0.488 e. The number of rotatable bonds is 9. The normalized spacial score (nSPS) is 10.8. The lowest BCUT2D eigenvalue weighted by molar-refractivity contribution is 0.111. The quantitative estimate of drug-likeness (QED) is 0.180. The second kappa shape index (κ2) is 11.8. The molecule has 0 radical (unpaired) electrons. The minimum Gasteiger partial charge on any atom is -0.488 e. The zero-order chi connectivity index (χ0) is 25.7. The van der Waals surface area contributed by atoms with Gasteiger partial charge in [-0.2, -0.15) is 0 Å².